The van der Waals surface area contributed by atoms with Gasteiger partial charge in [0.1, 0.15) is 0 Å². The second-order valence-electron chi connectivity index (χ2n) is 5.03. The van der Waals surface area contributed by atoms with Gasteiger partial charge in [0.05, 0.1) is 5.56 Å². The maximum absolute atomic E-state index is 13.1. The lowest BCUT2D eigenvalue weighted by Crippen LogP contribution is -2.40. The molecule has 1 unspecified atom stereocenters. The van der Waals surface area contributed by atoms with E-state index in [2.05, 4.69) is 0 Å². The molecule has 0 spiro atoms. The first-order valence-corrected chi connectivity index (χ1v) is 6.67. The lowest BCUT2D eigenvalue weighted by molar-refractivity contribution is -0.137. The summed E-state index contributed by atoms with van der Waals surface area (Å²) in [5.74, 6) is 0. The van der Waals surface area contributed by atoms with Crippen molar-refractivity contribution in [3.63, 3.8) is 0 Å². The predicted octanol–water partition coefficient (Wildman–Crippen LogP) is 4.06. The number of rotatable bonds is 2. The number of piperidine rings is 1. The fraction of sp³-hybridized carbons (Fsp3) is 0.571. The summed E-state index contributed by atoms with van der Waals surface area (Å²) < 4.78 is 39.4. The molecule has 0 aliphatic carbocycles. The average Bonchev–Trinajstić information content (AvgIpc) is 2.37. The lowest BCUT2D eigenvalue weighted by atomic mass is 9.97. The van der Waals surface area contributed by atoms with Crippen molar-refractivity contribution in [1.29, 1.82) is 0 Å². The zero-order valence-corrected chi connectivity index (χ0v) is 11.0. The molecule has 1 aliphatic rings. The van der Waals surface area contributed by atoms with Gasteiger partial charge in [-0.1, -0.05) is 6.92 Å². The molecule has 1 heterocycles. The van der Waals surface area contributed by atoms with Crippen LogP contribution in [0.25, 0.3) is 0 Å². The minimum absolute atomic E-state index is 0.154. The first-order chi connectivity index (χ1) is 8.93. The number of hydrogen-bond donors (Lipinski definition) is 1. The molecular formula is C14H19F3N2. The molecular weight excluding hydrogens is 253 g/mol. The highest BCUT2D eigenvalue weighted by Gasteiger charge is 2.36. The van der Waals surface area contributed by atoms with E-state index in [9.17, 15) is 13.2 Å². The topological polar surface area (TPSA) is 29.3 Å². The summed E-state index contributed by atoms with van der Waals surface area (Å²) >= 11 is 0. The smallest absolute Gasteiger partial charge is 0.399 e. The summed E-state index contributed by atoms with van der Waals surface area (Å²) in [4.78, 5) is 1.89. The molecule has 1 aromatic carbocycles. The number of halogens is 3. The van der Waals surface area contributed by atoms with Gasteiger partial charge in [-0.15, -0.1) is 0 Å². The molecule has 0 saturated carbocycles. The monoisotopic (exact) mass is 272 g/mol. The van der Waals surface area contributed by atoms with Crippen molar-refractivity contribution in [2.45, 2.75) is 44.8 Å². The molecule has 19 heavy (non-hydrogen) atoms. The van der Waals surface area contributed by atoms with E-state index in [4.69, 9.17) is 5.73 Å². The Labute approximate surface area is 111 Å². The predicted molar refractivity (Wildman–Crippen MR) is 71.1 cm³/mol. The van der Waals surface area contributed by atoms with Gasteiger partial charge >= 0.3 is 6.18 Å². The number of benzene rings is 1. The Morgan fingerprint density at radius 3 is 2.68 bits per heavy atom. The van der Waals surface area contributed by atoms with Crippen LogP contribution >= 0.6 is 0 Å². The van der Waals surface area contributed by atoms with Gasteiger partial charge in [0.15, 0.2) is 0 Å². The van der Waals surface area contributed by atoms with E-state index in [0.717, 1.165) is 31.7 Å². The first-order valence-electron chi connectivity index (χ1n) is 6.67. The summed E-state index contributed by atoms with van der Waals surface area (Å²) in [7, 11) is 0. The Morgan fingerprint density at radius 2 is 2.05 bits per heavy atom. The second kappa shape index (κ2) is 5.31. The SMILES string of the molecule is CCC1CCCCN1c1ccc(N)cc1C(F)(F)F. The molecule has 0 bridgehead atoms. The van der Waals surface area contributed by atoms with E-state index in [0.29, 0.717) is 6.54 Å². The second-order valence-corrected chi connectivity index (χ2v) is 5.03. The molecule has 0 amide bonds. The molecule has 2 nitrogen and oxygen atoms in total. The Balaban J connectivity index is 2.43. The Bertz CT molecular complexity index is 443. The third kappa shape index (κ3) is 2.96. The third-order valence-electron chi connectivity index (χ3n) is 3.73. The van der Waals surface area contributed by atoms with Crippen molar-refractivity contribution < 1.29 is 13.2 Å². The van der Waals surface area contributed by atoms with E-state index in [1.807, 2.05) is 11.8 Å². The van der Waals surface area contributed by atoms with Crippen molar-refractivity contribution in [3.8, 4) is 0 Å². The van der Waals surface area contributed by atoms with Crippen LogP contribution in [0.3, 0.4) is 0 Å². The van der Waals surface area contributed by atoms with Crippen LogP contribution in [0.15, 0.2) is 18.2 Å². The van der Waals surface area contributed by atoms with Crippen molar-refractivity contribution in [1.82, 2.24) is 0 Å². The molecule has 2 N–H and O–H groups in total. The summed E-state index contributed by atoms with van der Waals surface area (Å²) in [5, 5.41) is 0. The fourth-order valence-corrected chi connectivity index (χ4v) is 2.77. The molecule has 1 saturated heterocycles. The summed E-state index contributed by atoms with van der Waals surface area (Å²) in [6, 6.07) is 4.28. The van der Waals surface area contributed by atoms with Gasteiger partial charge in [-0.2, -0.15) is 13.2 Å². The number of anilines is 2. The highest BCUT2D eigenvalue weighted by Crippen LogP contribution is 2.40. The molecule has 1 aliphatic heterocycles. The van der Waals surface area contributed by atoms with Gasteiger partial charge in [0, 0.05) is 24.0 Å². The fourth-order valence-electron chi connectivity index (χ4n) is 2.77. The van der Waals surface area contributed by atoms with Crippen molar-refractivity contribution in [2.24, 2.45) is 0 Å². The van der Waals surface area contributed by atoms with Gasteiger partial charge < -0.3 is 10.6 Å². The van der Waals surface area contributed by atoms with Crippen molar-refractivity contribution >= 4 is 11.4 Å². The lowest BCUT2D eigenvalue weighted by Gasteiger charge is -2.38. The van der Waals surface area contributed by atoms with Gasteiger partial charge in [0.25, 0.3) is 0 Å². The summed E-state index contributed by atoms with van der Waals surface area (Å²) in [6.45, 7) is 2.71. The van der Waals surface area contributed by atoms with E-state index >= 15 is 0 Å². The van der Waals surface area contributed by atoms with Gasteiger partial charge in [0.2, 0.25) is 0 Å². The molecule has 106 valence electrons. The molecule has 1 fully saturated rings. The van der Waals surface area contributed by atoms with Gasteiger partial charge in [-0.3, -0.25) is 0 Å². The number of alkyl halides is 3. The van der Waals surface area contributed by atoms with Crippen molar-refractivity contribution in [2.75, 3.05) is 17.2 Å². The molecule has 5 heteroatoms. The van der Waals surface area contributed by atoms with Crippen LogP contribution in [0, 0.1) is 0 Å². The quantitative estimate of drug-likeness (QED) is 0.823. The number of nitrogens with two attached hydrogens (primary N) is 1. The van der Waals surface area contributed by atoms with E-state index < -0.39 is 11.7 Å². The minimum atomic E-state index is -4.36. The number of hydrogen-bond acceptors (Lipinski definition) is 2. The van der Waals surface area contributed by atoms with Gasteiger partial charge in [-0.25, -0.2) is 0 Å². The zero-order chi connectivity index (χ0) is 14.0. The molecule has 2 rings (SSSR count). The van der Waals surface area contributed by atoms with Crippen LogP contribution in [0.2, 0.25) is 0 Å². The van der Waals surface area contributed by atoms with E-state index in [1.54, 1.807) is 6.07 Å². The highest BCUT2D eigenvalue weighted by molar-refractivity contribution is 5.61. The van der Waals surface area contributed by atoms with Crippen LogP contribution in [0.4, 0.5) is 24.5 Å². The normalized spacial score (nSPS) is 20.6. The van der Waals surface area contributed by atoms with Crippen LogP contribution in [-0.2, 0) is 6.18 Å². The Morgan fingerprint density at radius 1 is 1.32 bits per heavy atom. The standard InChI is InChI=1S/C14H19F3N2/c1-2-11-5-3-4-8-19(11)13-7-6-10(18)9-12(13)14(15,16)17/h6-7,9,11H,2-5,8,18H2,1H3. The highest BCUT2D eigenvalue weighted by atomic mass is 19.4. The number of nitrogen functional groups attached to an aromatic ring is 1. The average molecular weight is 272 g/mol. The number of nitrogens with zero attached hydrogens (tertiary/aromatic N) is 1. The van der Waals surface area contributed by atoms with Crippen molar-refractivity contribution in [3.05, 3.63) is 23.8 Å². The van der Waals surface area contributed by atoms with Gasteiger partial charge in [-0.05, 0) is 43.9 Å². The first kappa shape index (κ1) is 14.0. The molecule has 1 aromatic rings. The largest absolute Gasteiger partial charge is 0.418 e. The zero-order valence-electron chi connectivity index (χ0n) is 11.0. The third-order valence-corrected chi connectivity index (χ3v) is 3.73. The summed E-state index contributed by atoms with van der Waals surface area (Å²) in [6.07, 6.45) is -0.510. The van der Waals surface area contributed by atoms with Crippen LogP contribution in [0.5, 0.6) is 0 Å². The van der Waals surface area contributed by atoms with E-state index in [-0.39, 0.29) is 17.4 Å². The maximum atomic E-state index is 13.1. The maximum Gasteiger partial charge on any atom is 0.418 e. The Hall–Kier alpha value is -1.39. The van der Waals surface area contributed by atoms with Crippen LogP contribution < -0.4 is 10.6 Å². The molecule has 0 aromatic heterocycles. The van der Waals surface area contributed by atoms with E-state index in [1.165, 1.54) is 6.07 Å². The molecule has 0 radical (unpaired) electrons. The Kier molecular flexibility index (Phi) is 3.92. The minimum Gasteiger partial charge on any atom is -0.399 e. The van der Waals surface area contributed by atoms with Crippen LogP contribution in [0.1, 0.15) is 38.2 Å². The van der Waals surface area contributed by atoms with Crippen LogP contribution in [-0.4, -0.2) is 12.6 Å². The molecule has 1 atom stereocenters. The summed E-state index contributed by atoms with van der Waals surface area (Å²) in [5.41, 5.74) is 5.31.